The molecule has 0 aliphatic rings. The van der Waals surface area contributed by atoms with Crippen LogP contribution in [0, 0.1) is 0 Å². The molecule has 0 saturated heterocycles. The lowest BCUT2D eigenvalue weighted by Crippen LogP contribution is -2.29. The molecule has 2 N–H and O–H groups in total. The van der Waals surface area contributed by atoms with Crippen LogP contribution in [0.4, 0.5) is 0 Å². The Morgan fingerprint density at radius 2 is 0.865 bits per heavy atom. The van der Waals surface area contributed by atoms with E-state index in [1.165, 1.54) is 103 Å². The quantitative estimate of drug-likeness (QED) is 0.0277. The van der Waals surface area contributed by atoms with Crippen LogP contribution in [0.2, 0.25) is 0 Å². The van der Waals surface area contributed by atoms with E-state index in [1.54, 1.807) is 0 Å². The maximum Gasteiger partial charge on any atom is 0.469 e. The van der Waals surface area contributed by atoms with Crippen LogP contribution in [0.25, 0.3) is 0 Å². The first-order valence-electron chi connectivity index (χ1n) is 20.9. The molecule has 302 valence electrons. The third-order valence-corrected chi connectivity index (χ3v) is 9.31. The smallest absolute Gasteiger partial charge is 0.462 e. The Morgan fingerprint density at radius 1 is 0.500 bits per heavy atom. The van der Waals surface area contributed by atoms with Gasteiger partial charge in [0.05, 0.1) is 6.61 Å². The number of hydrogen-bond donors (Lipinski definition) is 2. The Bertz CT molecular complexity index is 984. The molecule has 0 aliphatic carbocycles. The van der Waals surface area contributed by atoms with Crippen molar-refractivity contribution in [2.75, 3.05) is 13.2 Å². The molecule has 0 saturated carbocycles. The molecular formula is C43H77O8P. The van der Waals surface area contributed by atoms with Gasteiger partial charge in [-0.25, -0.2) is 4.57 Å². The summed E-state index contributed by atoms with van der Waals surface area (Å²) in [7, 11) is -4.76. The highest BCUT2D eigenvalue weighted by atomic mass is 31.2. The van der Waals surface area contributed by atoms with E-state index in [9.17, 15) is 14.2 Å². The fraction of sp³-hybridized carbons (Fsp3) is 0.767. The predicted octanol–water partition coefficient (Wildman–Crippen LogP) is 12.7. The molecule has 52 heavy (non-hydrogen) atoms. The lowest BCUT2D eigenvalue weighted by Gasteiger charge is -2.18. The van der Waals surface area contributed by atoms with Crippen LogP contribution in [0.1, 0.15) is 194 Å². The normalized spacial score (nSPS) is 12.9. The van der Waals surface area contributed by atoms with E-state index in [-0.39, 0.29) is 19.4 Å². The first kappa shape index (κ1) is 50.0. The second-order valence-corrected chi connectivity index (χ2v) is 15.2. The zero-order valence-corrected chi connectivity index (χ0v) is 34.1. The van der Waals surface area contributed by atoms with Gasteiger partial charge >= 0.3 is 19.8 Å². The van der Waals surface area contributed by atoms with Gasteiger partial charge < -0.3 is 19.3 Å². The number of ether oxygens (including phenoxy) is 2. The van der Waals surface area contributed by atoms with Crippen molar-refractivity contribution in [3.05, 3.63) is 48.6 Å². The maximum atomic E-state index is 12.4. The number of esters is 2. The molecular weight excluding hydrogens is 675 g/mol. The zero-order chi connectivity index (χ0) is 38.2. The van der Waals surface area contributed by atoms with Crippen LogP contribution in [-0.4, -0.2) is 41.0 Å². The van der Waals surface area contributed by atoms with Gasteiger partial charge in [-0.3, -0.25) is 14.1 Å². The number of rotatable bonds is 38. The summed E-state index contributed by atoms with van der Waals surface area (Å²) in [5, 5.41) is 0. The van der Waals surface area contributed by atoms with Crippen molar-refractivity contribution in [1.82, 2.24) is 0 Å². The van der Waals surface area contributed by atoms with Gasteiger partial charge in [0, 0.05) is 12.8 Å². The summed E-state index contributed by atoms with van der Waals surface area (Å²) in [6, 6.07) is 0. The molecule has 0 spiro atoms. The Morgan fingerprint density at radius 3 is 1.38 bits per heavy atom. The molecule has 0 rings (SSSR count). The highest BCUT2D eigenvalue weighted by molar-refractivity contribution is 7.46. The minimum atomic E-state index is -4.76. The van der Waals surface area contributed by atoms with Crippen molar-refractivity contribution < 1.29 is 37.9 Å². The van der Waals surface area contributed by atoms with Crippen molar-refractivity contribution in [3.63, 3.8) is 0 Å². The Hall–Kier alpha value is -1.99. The molecule has 0 aromatic heterocycles. The summed E-state index contributed by atoms with van der Waals surface area (Å²) in [5.41, 5.74) is 0. The number of phosphoric acid groups is 1. The van der Waals surface area contributed by atoms with Crippen LogP contribution < -0.4 is 0 Å². The number of carbonyl (C=O) groups is 2. The minimum absolute atomic E-state index is 0.162. The van der Waals surface area contributed by atoms with Crippen LogP contribution in [0.3, 0.4) is 0 Å². The van der Waals surface area contributed by atoms with Gasteiger partial charge in [-0.15, -0.1) is 0 Å². The molecule has 9 heteroatoms. The first-order chi connectivity index (χ1) is 25.3. The second kappa shape index (κ2) is 38.7. The summed E-state index contributed by atoms with van der Waals surface area (Å²) >= 11 is 0. The third-order valence-electron chi connectivity index (χ3n) is 8.82. The van der Waals surface area contributed by atoms with Gasteiger partial charge in [-0.2, -0.15) is 0 Å². The molecule has 0 bridgehead atoms. The number of allylic oxidation sites excluding steroid dienone is 8. The molecule has 0 fully saturated rings. The first-order valence-corrected chi connectivity index (χ1v) is 22.5. The fourth-order valence-corrected chi connectivity index (χ4v) is 6.03. The van der Waals surface area contributed by atoms with Crippen LogP contribution in [0.5, 0.6) is 0 Å². The molecule has 0 radical (unpaired) electrons. The Kier molecular flexibility index (Phi) is 37.2. The van der Waals surface area contributed by atoms with Crippen molar-refractivity contribution >= 4 is 19.8 Å². The maximum absolute atomic E-state index is 12.4. The van der Waals surface area contributed by atoms with Crippen molar-refractivity contribution in [3.8, 4) is 0 Å². The number of unbranched alkanes of at least 4 members (excludes halogenated alkanes) is 20. The monoisotopic (exact) mass is 753 g/mol. The van der Waals surface area contributed by atoms with Crippen molar-refractivity contribution in [2.24, 2.45) is 0 Å². The van der Waals surface area contributed by atoms with Crippen molar-refractivity contribution in [1.29, 1.82) is 0 Å². The summed E-state index contributed by atoms with van der Waals surface area (Å²) in [4.78, 5) is 42.8. The largest absolute Gasteiger partial charge is 0.469 e. The topological polar surface area (TPSA) is 119 Å². The number of hydrogen-bond acceptors (Lipinski definition) is 6. The number of carbonyl (C=O) groups excluding carboxylic acids is 2. The standard InChI is InChI=1S/C43H77O8P/c1-3-5-7-9-11-13-15-17-19-20-21-22-24-25-27-29-31-33-35-37-42(44)49-39-41(40-50-52(46,47)48)51-43(45)38-36-34-32-30-28-26-23-18-16-14-12-10-8-6-4-2/h12,14,17-19,23,28,30,41H,3-11,13,15-16,20-22,24-27,29,31-40H2,1-2H3,(H2,46,47,48)/b14-12-,19-17-,23-18-,30-28-/t41-/m1/s1. The average Bonchev–Trinajstić information content (AvgIpc) is 3.11. The molecule has 0 aromatic rings. The Labute approximate surface area is 318 Å². The van der Waals surface area contributed by atoms with E-state index in [1.807, 2.05) is 0 Å². The van der Waals surface area contributed by atoms with Gasteiger partial charge in [0.15, 0.2) is 6.10 Å². The van der Waals surface area contributed by atoms with Crippen LogP contribution in [-0.2, 0) is 28.2 Å². The van der Waals surface area contributed by atoms with Crippen molar-refractivity contribution in [2.45, 2.75) is 200 Å². The predicted molar refractivity (Wildman–Crippen MR) is 216 cm³/mol. The summed E-state index contributed by atoms with van der Waals surface area (Å²) in [6.45, 7) is 3.62. The summed E-state index contributed by atoms with van der Waals surface area (Å²) in [6.07, 6.45) is 46.9. The molecule has 1 atom stereocenters. The van der Waals surface area contributed by atoms with Crippen LogP contribution >= 0.6 is 7.82 Å². The average molecular weight is 753 g/mol. The third kappa shape index (κ3) is 40.8. The van der Waals surface area contributed by atoms with E-state index in [4.69, 9.17) is 19.3 Å². The van der Waals surface area contributed by atoms with Gasteiger partial charge in [-0.1, -0.05) is 152 Å². The van der Waals surface area contributed by atoms with E-state index < -0.39 is 32.5 Å². The van der Waals surface area contributed by atoms with E-state index >= 15 is 0 Å². The van der Waals surface area contributed by atoms with Gasteiger partial charge in [-0.05, 0) is 77.0 Å². The molecule has 0 aromatic carbocycles. The summed E-state index contributed by atoms with van der Waals surface area (Å²) < 4.78 is 26.3. The zero-order valence-electron chi connectivity index (χ0n) is 33.2. The molecule has 8 nitrogen and oxygen atoms in total. The highest BCUT2D eigenvalue weighted by Gasteiger charge is 2.22. The highest BCUT2D eigenvalue weighted by Crippen LogP contribution is 2.36. The lowest BCUT2D eigenvalue weighted by molar-refractivity contribution is -0.161. The molecule has 0 aliphatic heterocycles. The molecule has 0 amide bonds. The van der Waals surface area contributed by atoms with E-state index in [0.717, 1.165) is 51.4 Å². The van der Waals surface area contributed by atoms with E-state index in [2.05, 4.69) is 67.0 Å². The second-order valence-electron chi connectivity index (χ2n) is 14.0. The van der Waals surface area contributed by atoms with Gasteiger partial charge in [0.2, 0.25) is 0 Å². The van der Waals surface area contributed by atoms with Gasteiger partial charge in [0.1, 0.15) is 6.61 Å². The molecule has 0 unspecified atom stereocenters. The van der Waals surface area contributed by atoms with Gasteiger partial charge in [0.25, 0.3) is 0 Å². The molecule has 0 heterocycles. The van der Waals surface area contributed by atoms with E-state index in [0.29, 0.717) is 12.8 Å². The number of phosphoric ester groups is 1. The SMILES string of the molecule is CCCCC/C=C\C/C=C\C/C=C\CCCCC(=O)O[C@H](COC(=O)CCCCCCCCCCC/C=C\CCCCCCCC)COP(=O)(O)O. The lowest BCUT2D eigenvalue weighted by atomic mass is 10.1. The minimum Gasteiger partial charge on any atom is -0.462 e. The Balaban J connectivity index is 3.96. The van der Waals surface area contributed by atoms with Crippen LogP contribution in [0.15, 0.2) is 48.6 Å². The fourth-order valence-electron chi connectivity index (χ4n) is 5.67. The summed E-state index contributed by atoms with van der Waals surface area (Å²) in [5.74, 6) is -0.931.